The maximum atomic E-state index is 13.2. The van der Waals surface area contributed by atoms with E-state index in [-0.39, 0.29) is 13.2 Å². The summed E-state index contributed by atoms with van der Waals surface area (Å²) in [6, 6.07) is -1.14. The molecule has 1 aliphatic heterocycles. The number of hydrogen-bond acceptors (Lipinski definition) is 3. The van der Waals surface area contributed by atoms with E-state index in [9.17, 15) is 13.6 Å². The molecule has 0 N–H and O–H groups in total. The van der Waals surface area contributed by atoms with E-state index < -0.39 is 29.8 Å². The van der Waals surface area contributed by atoms with Crippen LogP contribution in [-0.4, -0.2) is 47.8 Å². The van der Waals surface area contributed by atoms with Crippen LogP contribution in [0.25, 0.3) is 0 Å². The molecular formula is C10H15F2NO3. The number of amides is 1. The van der Waals surface area contributed by atoms with E-state index in [1.807, 2.05) is 0 Å². The van der Waals surface area contributed by atoms with Gasteiger partial charge in [0.1, 0.15) is 17.7 Å². The summed E-state index contributed by atoms with van der Waals surface area (Å²) in [5, 5.41) is 0. The van der Waals surface area contributed by atoms with Crippen LogP contribution in [-0.2, 0) is 9.47 Å². The molecule has 1 heterocycles. The molecule has 0 aromatic heterocycles. The molecule has 0 bridgehead atoms. The average Bonchev–Trinajstić information content (AvgIpc) is 2.67. The molecule has 6 heteroatoms. The van der Waals surface area contributed by atoms with Crippen LogP contribution >= 0.6 is 0 Å². The second-order valence-electron chi connectivity index (χ2n) is 5.08. The van der Waals surface area contributed by atoms with E-state index in [4.69, 9.17) is 9.47 Å². The van der Waals surface area contributed by atoms with Crippen molar-refractivity contribution in [3.8, 4) is 0 Å². The molecule has 1 amide bonds. The topological polar surface area (TPSA) is 38.8 Å². The molecule has 2 aliphatic rings. The number of fused-ring (bicyclic) bond motifs is 1. The minimum absolute atomic E-state index is 0.135. The van der Waals surface area contributed by atoms with Gasteiger partial charge in [0, 0.05) is 6.54 Å². The van der Waals surface area contributed by atoms with Crippen molar-refractivity contribution in [2.75, 3.05) is 13.2 Å². The van der Waals surface area contributed by atoms with E-state index in [0.717, 1.165) is 4.90 Å². The highest BCUT2D eigenvalue weighted by Crippen LogP contribution is 2.50. The summed E-state index contributed by atoms with van der Waals surface area (Å²) in [5.74, 6) is -2.92. The first-order chi connectivity index (χ1) is 7.23. The minimum atomic E-state index is -2.92. The molecular weight excluding hydrogens is 220 g/mol. The molecule has 0 spiro atoms. The highest BCUT2D eigenvalue weighted by atomic mass is 19.3. The van der Waals surface area contributed by atoms with Gasteiger partial charge in [0.25, 0.3) is 5.92 Å². The van der Waals surface area contributed by atoms with Gasteiger partial charge in [0.05, 0.1) is 6.61 Å². The Morgan fingerprint density at radius 3 is 2.69 bits per heavy atom. The van der Waals surface area contributed by atoms with Crippen molar-refractivity contribution < 1.29 is 23.0 Å². The second kappa shape index (κ2) is 3.29. The fourth-order valence-corrected chi connectivity index (χ4v) is 1.80. The lowest BCUT2D eigenvalue weighted by Gasteiger charge is -2.28. The third-order valence-corrected chi connectivity index (χ3v) is 2.54. The van der Waals surface area contributed by atoms with Gasteiger partial charge in [0.2, 0.25) is 0 Å². The summed E-state index contributed by atoms with van der Waals surface area (Å²) in [5.41, 5.74) is -0.672. The predicted octanol–water partition coefficient (Wildman–Crippen LogP) is 1.64. The Balaban J connectivity index is 2.02. The Hall–Kier alpha value is -0.910. The standard InChI is InChI=1S/C10H15F2NO3/c1-9(2,3)16-8(14)13-4-5-15-7-6(13)10(7,11)12/h6-7H,4-5H2,1-3H3. The van der Waals surface area contributed by atoms with Gasteiger partial charge < -0.3 is 9.47 Å². The van der Waals surface area contributed by atoms with Crippen LogP contribution in [0.5, 0.6) is 0 Å². The van der Waals surface area contributed by atoms with Crippen molar-refractivity contribution in [3.63, 3.8) is 0 Å². The van der Waals surface area contributed by atoms with Crippen molar-refractivity contribution in [1.82, 2.24) is 4.90 Å². The summed E-state index contributed by atoms with van der Waals surface area (Å²) in [7, 11) is 0. The van der Waals surface area contributed by atoms with E-state index in [2.05, 4.69) is 0 Å². The molecule has 0 radical (unpaired) electrons. The monoisotopic (exact) mass is 235 g/mol. The van der Waals surface area contributed by atoms with Gasteiger partial charge >= 0.3 is 6.09 Å². The number of carbonyl (C=O) groups is 1. The maximum absolute atomic E-state index is 13.2. The van der Waals surface area contributed by atoms with Gasteiger partial charge in [-0.3, -0.25) is 4.90 Å². The number of alkyl halides is 2. The second-order valence-corrected chi connectivity index (χ2v) is 5.08. The summed E-state index contributed by atoms with van der Waals surface area (Å²) in [6.07, 6.45) is -1.84. The molecule has 1 saturated heterocycles. The van der Waals surface area contributed by atoms with Crippen LogP contribution in [0, 0.1) is 0 Å². The molecule has 2 unspecified atom stereocenters. The molecule has 92 valence electrons. The van der Waals surface area contributed by atoms with Crippen molar-refractivity contribution in [2.45, 2.75) is 44.4 Å². The Labute approximate surface area is 92.5 Å². The fraction of sp³-hybridized carbons (Fsp3) is 0.900. The lowest BCUT2D eigenvalue weighted by molar-refractivity contribution is -0.0102. The van der Waals surface area contributed by atoms with Gasteiger partial charge in [-0.1, -0.05) is 0 Å². The Kier molecular flexibility index (Phi) is 2.38. The number of morpholine rings is 1. The molecule has 1 saturated carbocycles. The SMILES string of the molecule is CC(C)(C)OC(=O)N1CCOC2C1C2(F)F. The molecule has 2 fully saturated rings. The number of nitrogens with zero attached hydrogens (tertiary/aromatic N) is 1. The van der Waals surface area contributed by atoms with Crippen LogP contribution < -0.4 is 0 Å². The predicted molar refractivity (Wildman–Crippen MR) is 51.4 cm³/mol. The normalized spacial score (nSPS) is 31.9. The van der Waals surface area contributed by atoms with Crippen LogP contribution in [0.3, 0.4) is 0 Å². The summed E-state index contributed by atoms with van der Waals surface area (Å²) < 4.78 is 36.3. The van der Waals surface area contributed by atoms with Crippen LogP contribution in [0.2, 0.25) is 0 Å². The van der Waals surface area contributed by atoms with E-state index in [1.54, 1.807) is 20.8 Å². The summed E-state index contributed by atoms with van der Waals surface area (Å²) in [4.78, 5) is 12.7. The third kappa shape index (κ3) is 1.86. The highest BCUT2D eigenvalue weighted by molar-refractivity contribution is 5.70. The zero-order chi connectivity index (χ0) is 12.1. The zero-order valence-electron chi connectivity index (χ0n) is 9.50. The Morgan fingerprint density at radius 2 is 2.12 bits per heavy atom. The molecule has 16 heavy (non-hydrogen) atoms. The van der Waals surface area contributed by atoms with Gasteiger partial charge in [-0.25, -0.2) is 13.6 Å². The van der Waals surface area contributed by atoms with Crippen molar-refractivity contribution >= 4 is 6.09 Å². The summed E-state index contributed by atoms with van der Waals surface area (Å²) in [6.45, 7) is 5.40. The minimum Gasteiger partial charge on any atom is -0.444 e. The number of rotatable bonds is 0. The van der Waals surface area contributed by atoms with E-state index >= 15 is 0 Å². The van der Waals surface area contributed by atoms with Gasteiger partial charge in [-0.05, 0) is 20.8 Å². The first-order valence-electron chi connectivity index (χ1n) is 5.22. The largest absolute Gasteiger partial charge is 0.444 e. The van der Waals surface area contributed by atoms with Crippen LogP contribution in [0.4, 0.5) is 13.6 Å². The first kappa shape index (κ1) is 11.6. The van der Waals surface area contributed by atoms with E-state index in [1.165, 1.54) is 0 Å². The first-order valence-corrected chi connectivity index (χ1v) is 5.22. The third-order valence-electron chi connectivity index (χ3n) is 2.54. The van der Waals surface area contributed by atoms with E-state index in [0.29, 0.717) is 0 Å². The molecule has 1 aliphatic carbocycles. The van der Waals surface area contributed by atoms with Crippen molar-refractivity contribution in [1.29, 1.82) is 0 Å². The quantitative estimate of drug-likeness (QED) is 0.640. The van der Waals surface area contributed by atoms with Gasteiger partial charge in [0.15, 0.2) is 0 Å². The molecule has 2 rings (SSSR count). The number of carbonyl (C=O) groups excluding carboxylic acids is 1. The average molecular weight is 235 g/mol. The van der Waals surface area contributed by atoms with Crippen molar-refractivity contribution in [2.24, 2.45) is 0 Å². The zero-order valence-corrected chi connectivity index (χ0v) is 9.50. The lowest BCUT2D eigenvalue weighted by Crippen LogP contribution is -2.44. The number of halogens is 2. The Morgan fingerprint density at radius 1 is 1.50 bits per heavy atom. The maximum Gasteiger partial charge on any atom is 0.410 e. The Bertz CT molecular complexity index is 314. The fourth-order valence-electron chi connectivity index (χ4n) is 1.80. The van der Waals surface area contributed by atoms with Crippen LogP contribution in [0.15, 0.2) is 0 Å². The molecule has 0 aromatic carbocycles. The molecule has 2 atom stereocenters. The number of ether oxygens (including phenoxy) is 2. The van der Waals surface area contributed by atoms with Gasteiger partial charge in [-0.2, -0.15) is 0 Å². The van der Waals surface area contributed by atoms with Crippen LogP contribution in [0.1, 0.15) is 20.8 Å². The smallest absolute Gasteiger partial charge is 0.410 e. The molecule has 0 aromatic rings. The van der Waals surface area contributed by atoms with Gasteiger partial charge in [-0.15, -0.1) is 0 Å². The number of hydrogen-bond donors (Lipinski definition) is 0. The highest BCUT2D eigenvalue weighted by Gasteiger charge is 2.75. The summed E-state index contributed by atoms with van der Waals surface area (Å²) >= 11 is 0. The lowest BCUT2D eigenvalue weighted by atomic mass is 10.2. The van der Waals surface area contributed by atoms with Crippen molar-refractivity contribution in [3.05, 3.63) is 0 Å². The molecule has 4 nitrogen and oxygen atoms in total.